The first kappa shape index (κ1) is 17.4. The van der Waals surface area contributed by atoms with Crippen molar-refractivity contribution in [3.63, 3.8) is 0 Å². The maximum Gasteiger partial charge on any atom is 0.243 e. The van der Waals surface area contributed by atoms with Crippen LogP contribution >= 0.6 is 35.1 Å². The lowest BCUT2D eigenvalue weighted by Crippen LogP contribution is -2.43. The van der Waals surface area contributed by atoms with Crippen molar-refractivity contribution < 1.29 is 4.79 Å². The predicted molar refractivity (Wildman–Crippen MR) is 96.4 cm³/mol. The lowest BCUT2D eigenvalue weighted by atomic mass is 10.0. The van der Waals surface area contributed by atoms with E-state index in [9.17, 15) is 4.79 Å². The minimum absolute atomic E-state index is 0. The molecule has 1 atom stereocenters. The Hall–Kier alpha value is -0.950. The van der Waals surface area contributed by atoms with Crippen LogP contribution in [0.4, 0.5) is 5.13 Å². The van der Waals surface area contributed by atoms with E-state index < -0.39 is 0 Å². The molecule has 1 aliphatic rings. The summed E-state index contributed by atoms with van der Waals surface area (Å²) < 4.78 is 0. The number of anilines is 1. The zero-order valence-corrected chi connectivity index (χ0v) is 15.1. The molecule has 0 aromatic carbocycles. The van der Waals surface area contributed by atoms with E-state index in [4.69, 9.17) is 0 Å². The van der Waals surface area contributed by atoms with Crippen molar-refractivity contribution in [3.05, 3.63) is 21.9 Å². The van der Waals surface area contributed by atoms with E-state index >= 15 is 0 Å². The summed E-state index contributed by atoms with van der Waals surface area (Å²) >= 11 is 3.28. The molecule has 120 valence electrons. The van der Waals surface area contributed by atoms with Gasteiger partial charge in [-0.25, -0.2) is 4.98 Å². The van der Waals surface area contributed by atoms with Crippen LogP contribution in [0.25, 0.3) is 10.6 Å². The molecule has 3 heterocycles. The van der Waals surface area contributed by atoms with Crippen LogP contribution in [-0.2, 0) is 4.79 Å². The van der Waals surface area contributed by atoms with Crippen LogP contribution in [-0.4, -0.2) is 23.5 Å². The average molecular weight is 358 g/mol. The molecule has 2 aromatic rings. The van der Waals surface area contributed by atoms with Crippen LogP contribution in [0.5, 0.6) is 0 Å². The van der Waals surface area contributed by atoms with Crippen molar-refractivity contribution in [2.45, 2.75) is 39.2 Å². The molecule has 0 spiro atoms. The van der Waals surface area contributed by atoms with Gasteiger partial charge in [0.05, 0.1) is 16.6 Å². The topological polar surface area (TPSA) is 54.0 Å². The Balaban J connectivity index is 0.00000176. The molecule has 1 aliphatic heterocycles. The summed E-state index contributed by atoms with van der Waals surface area (Å²) in [4.78, 5) is 20.4. The highest BCUT2D eigenvalue weighted by Crippen LogP contribution is 2.34. The van der Waals surface area contributed by atoms with Gasteiger partial charge in [0.1, 0.15) is 0 Å². The number of thiazole rings is 1. The summed E-state index contributed by atoms with van der Waals surface area (Å²) in [5, 5.41) is 6.92. The van der Waals surface area contributed by atoms with Crippen molar-refractivity contribution in [1.82, 2.24) is 10.3 Å². The lowest BCUT2D eigenvalue weighted by molar-refractivity contribution is -0.118. The Bertz CT molecular complexity index is 647. The highest BCUT2D eigenvalue weighted by Gasteiger charge is 2.22. The highest BCUT2D eigenvalue weighted by atomic mass is 35.5. The van der Waals surface area contributed by atoms with E-state index in [-0.39, 0.29) is 24.4 Å². The molecule has 1 fully saturated rings. The third-order valence-corrected chi connectivity index (χ3v) is 5.52. The molecule has 0 unspecified atom stereocenters. The van der Waals surface area contributed by atoms with Gasteiger partial charge in [-0.15, -0.1) is 35.1 Å². The first-order chi connectivity index (χ1) is 10.1. The molecule has 2 N–H and O–H groups in total. The normalized spacial score (nSPS) is 17.8. The SMILES string of the molecule is Cc1ccc(-c2nc(NC(=O)[C@@H]3CCCCN3)sc2C)s1.Cl. The molecule has 4 nitrogen and oxygen atoms in total. The summed E-state index contributed by atoms with van der Waals surface area (Å²) in [6.45, 7) is 5.07. The minimum Gasteiger partial charge on any atom is -0.306 e. The Labute approximate surface area is 144 Å². The van der Waals surface area contributed by atoms with Gasteiger partial charge in [0.25, 0.3) is 0 Å². The molecule has 1 saturated heterocycles. The van der Waals surface area contributed by atoms with Crippen molar-refractivity contribution in [2.75, 3.05) is 11.9 Å². The fourth-order valence-electron chi connectivity index (χ4n) is 2.51. The quantitative estimate of drug-likeness (QED) is 0.873. The Morgan fingerprint density at radius 3 is 2.77 bits per heavy atom. The van der Waals surface area contributed by atoms with Crippen LogP contribution in [0.1, 0.15) is 29.0 Å². The number of rotatable bonds is 3. The van der Waals surface area contributed by atoms with Crippen molar-refractivity contribution >= 4 is 46.1 Å². The number of hydrogen-bond donors (Lipinski definition) is 2. The number of aromatic nitrogens is 1. The number of amides is 1. The van der Waals surface area contributed by atoms with Gasteiger partial charge in [-0.3, -0.25) is 4.79 Å². The van der Waals surface area contributed by atoms with E-state index in [1.54, 1.807) is 22.7 Å². The van der Waals surface area contributed by atoms with Crippen molar-refractivity contribution in [1.29, 1.82) is 0 Å². The molecule has 1 amide bonds. The van der Waals surface area contributed by atoms with Crippen LogP contribution in [0, 0.1) is 13.8 Å². The molecule has 0 saturated carbocycles. The molecule has 3 rings (SSSR count). The smallest absolute Gasteiger partial charge is 0.243 e. The van der Waals surface area contributed by atoms with E-state index in [0.29, 0.717) is 5.13 Å². The zero-order chi connectivity index (χ0) is 14.8. The predicted octanol–water partition coefficient (Wildman–Crippen LogP) is 3.99. The average Bonchev–Trinajstić information content (AvgIpc) is 3.06. The fourth-order valence-corrected chi connectivity index (χ4v) is 4.32. The Kier molecular flexibility index (Phi) is 5.97. The molecule has 0 bridgehead atoms. The number of carbonyl (C=O) groups excluding carboxylic acids is 1. The van der Waals surface area contributed by atoms with Gasteiger partial charge < -0.3 is 10.6 Å². The largest absolute Gasteiger partial charge is 0.306 e. The zero-order valence-electron chi connectivity index (χ0n) is 12.6. The number of halogens is 1. The minimum atomic E-state index is -0.0737. The van der Waals surface area contributed by atoms with E-state index in [2.05, 4.69) is 41.6 Å². The monoisotopic (exact) mass is 357 g/mol. The number of piperidine rings is 1. The first-order valence-electron chi connectivity index (χ1n) is 7.22. The van der Waals surface area contributed by atoms with Gasteiger partial charge in [0.15, 0.2) is 5.13 Å². The first-order valence-corrected chi connectivity index (χ1v) is 8.85. The third kappa shape index (κ3) is 3.87. The summed E-state index contributed by atoms with van der Waals surface area (Å²) in [6, 6.07) is 4.12. The lowest BCUT2D eigenvalue weighted by Gasteiger charge is -2.21. The van der Waals surface area contributed by atoms with Crippen molar-refractivity contribution in [3.8, 4) is 10.6 Å². The molecule has 0 radical (unpaired) electrons. The fraction of sp³-hybridized carbons (Fsp3) is 0.467. The molecule has 2 aromatic heterocycles. The molecular formula is C15H20ClN3OS2. The second kappa shape index (κ2) is 7.55. The number of carbonyl (C=O) groups is 1. The Morgan fingerprint density at radius 2 is 2.14 bits per heavy atom. The number of nitrogens with one attached hydrogen (secondary N) is 2. The maximum absolute atomic E-state index is 12.2. The second-order valence-electron chi connectivity index (χ2n) is 5.33. The molecule has 22 heavy (non-hydrogen) atoms. The van der Waals surface area contributed by atoms with Crippen LogP contribution in [0.2, 0.25) is 0 Å². The summed E-state index contributed by atoms with van der Waals surface area (Å²) in [5.41, 5.74) is 0.991. The highest BCUT2D eigenvalue weighted by molar-refractivity contribution is 7.18. The number of nitrogens with zero attached hydrogens (tertiary/aromatic N) is 1. The number of hydrogen-bond acceptors (Lipinski definition) is 5. The standard InChI is InChI=1S/C15H19N3OS2.ClH/c1-9-6-7-12(20-9)13-10(2)21-15(17-13)18-14(19)11-5-3-4-8-16-11;/h6-7,11,16H,3-5,8H2,1-2H3,(H,17,18,19);1H/t11-;/m0./s1. The van der Waals surface area contributed by atoms with Crippen LogP contribution in [0.15, 0.2) is 12.1 Å². The van der Waals surface area contributed by atoms with Gasteiger partial charge >= 0.3 is 0 Å². The van der Waals surface area contributed by atoms with Crippen molar-refractivity contribution in [2.24, 2.45) is 0 Å². The Morgan fingerprint density at radius 1 is 1.32 bits per heavy atom. The summed E-state index contributed by atoms with van der Waals surface area (Å²) in [6.07, 6.45) is 3.18. The van der Waals surface area contributed by atoms with Gasteiger partial charge in [-0.2, -0.15) is 0 Å². The van der Waals surface area contributed by atoms with Gasteiger partial charge in [0.2, 0.25) is 5.91 Å². The van der Waals surface area contributed by atoms with Crippen LogP contribution in [0.3, 0.4) is 0 Å². The number of thiophene rings is 1. The number of aryl methyl sites for hydroxylation is 2. The van der Waals surface area contributed by atoms with E-state index in [0.717, 1.165) is 41.3 Å². The van der Waals surface area contributed by atoms with Gasteiger partial charge in [-0.1, -0.05) is 6.42 Å². The maximum atomic E-state index is 12.2. The summed E-state index contributed by atoms with van der Waals surface area (Å²) in [7, 11) is 0. The van der Waals surface area contributed by atoms with E-state index in [1.165, 1.54) is 4.88 Å². The summed E-state index contributed by atoms with van der Waals surface area (Å²) in [5.74, 6) is 0.0392. The van der Waals surface area contributed by atoms with Gasteiger partial charge in [-0.05, 0) is 45.4 Å². The third-order valence-electron chi connectivity index (χ3n) is 3.63. The molecule has 0 aliphatic carbocycles. The molecular weight excluding hydrogens is 338 g/mol. The van der Waals surface area contributed by atoms with Gasteiger partial charge in [0, 0.05) is 9.75 Å². The molecule has 7 heteroatoms. The van der Waals surface area contributed by atoms with E-state index in [1.807, 2.05) is 0 Å². The second-order valence-corrected chi connectivity index (χ2v) is 7.82. The van der Waals surface area contributed by atoms with Crippen LogP contribution < -0.4 is 10.6 Å².